The Bertz CT molecular complexity index is 191. The third-order valence-electron chi connectivity index (χ3n) is 3.12. The van der Waals surface area contributed by atoms with Crippen LogP contribution in [0.15, 0.2) is 0 Å². The molecule has 3 nitrogen and oxygen atoms in total. The fourth-order valence-electron chi connectivity index (χ4n) is 2.48. The fraction of sp³-hybridized carbons (Fsp3) is 0.778. The van der Waals surface area contributed by atoms with Gasteiger partial charge >= 0.3 is 0 Å². The van der Waals surface area contributed by atoms with Crippen molar-refractivity contribution >= 4 is 5.91 Å². The highest BCUT2D eigenvalue weighted by molar-refractivity contribution is 5.73. The number of hydrogen-bond donors (Lipinski definition) is 1. The van der Waals surface area contributed by atoms with Crippen molar-refractivity contribution in [3.05, 3.63) is 7.05 Å². The Labute approximate surface area is 73.3 Å². The van der Waals surface area contributed by atoms with Crippen LogP contribution in [0.25, 0.3) is 0 Å². The van der Waals surface area contributed by atoms with Crippen LogP contribution in [-0.4, -0.2) is 37.0 Å². The number of fused-ring (bicyclic) bond motifs is 1. The Morgan fingerprint density at radius 2 is 1.92 bits per heavy atom. The first kappa shape index (κ1) is 8.05. The van der Waals surface area contributed by atoms with Gasteiger partial charge in [0.15, 0.2) is 0 Å². The van der Waals surface area contributed by atoms with E-state index in [1.165, 1.54) is 4.90 Å². The Hall–Kier alpha value is -0.570. The summed E-state index contributed by atoms with van der Waals surface area (Å²) in [6, 6.07) is 0. The topological polar surface area (TPSA) is 24.8 Å². The van der Waals surface area contributed by atoms with Gasteiger partial charge in [-0.3, -0.25) is 4.79 Å². The monoisotopic (exact) mass is 168 g/mol. The normalized spacial score (nSPS) is 40.2. The zero-order chi connectivity index (χ0) is 8.72. The summed E-state index contributed by atoms with van der Waals surface area (Å²) in [5, 5.41) is 0. The predicted octanol–water partition coefficient (Wildman–Crippen LogP) is -1.23. The van der Waals surface area contributed by atoms with Crippen molar-refractivity contribution in [2.45, 2.75) is 6.92 Å². The van der Waals surface area contributed by atoms with Gasteiger partial charge in [0.05, 0.1) is 13.1 Å². The molecule has 1 amide bonds. The Kier molecular flexibility index (Phi) is 1.83. The number of amides is 1. The highest BCUT2D eigenvalue weighted by atomic mass is 16.2. The Morgan fingerprint density at radius 3 is 2.33 bits per heavy atom. The average Bonchev–Trinajstić information content (AvgIpc) is 2.42. The molecular weight excluding hydrogens is 152 g/mol. The summed E-state index contributed by atoms with van der Waals surface area (Å²) in [4.78, 5) is 14.4. The minimum Gasteiger partial charge on any atom is -0.467 e. The highest BCUT2D eigenvalue weighted by Crippen LogP contribution is 2.23. The maximum Gasteiger partial charge on any atom is 0.219 e. The van der Waals surface area contributed by atoms with E-state index >= 15 is 0 Å². The standard InChI is InChI=1S/C9H16N2O/c1-7(12)11-5-8-3-10(2)4-9(8)6-11/h8-10H,2-6H2,1H3/t8-,9+. The molecule has 2 saturated heterocycles. The molecule has 0 radical (unpaired) electrons. The van der Waals surface area contributed by atoms with Crippen LogP contribution in [0.2, 0.25) is 0 Å². The molecule has 1 N–H and O–H groups in total. The van der Waals surface area contributed by atoms with Crippen LogP contribution < -0.4 is 4.90 Å². The molecule has 0 aliphatic carbocycles. The van der Waals surface area contributed by atoms with Crippen molar-refractivity contribution in [1.29, 1.82) is 0 Å². The molecule has 68 valence electrons. The lowest BCUT2D eigenvalue weighted by molar-refractivity contribution is -0.843. The summed E-state index contributed by atoms with van der Waals surface area (Å²) in [5.74, 6) is 1.68. The van der Waals surface area contributed by atoms with Gasteiger partial charge in [-0.15, -0.1) is 0 Å². The molecule has 2 aliphatic heterocycles. The van der Waals surface area contributed by atoms with Gasteiger partial charge in [-0.1, -0.05) is 0 Å². The minimum absolute atomic E-state index is 0.231. The summed E-state index contributed by atoms with van der Waals surface area (Å²) in [6.45, 7) is 5.90. The van der Waals surface area contributed by atoms with E-state index in [-0.39, 0.29) is 5.91 Å². The molecule has 2 aliphatic rings. The number of carbonyl (C=O) groups is 1. The van der Waals surface area contributed by atoms with E-state index in [0.717, 1.165) is 38.0 Å². The quantitative estimate of drug-likeness (QED) is 0.450. The number of hydrogen-bond acceptors (Lipinski definition) is 1. The van der Waals surface area contributed by atoms with Crippen molar-refractivity contribution in [3.63, 3.8) is 0 Å². The molecule has 2 heterocycles. The van der Waals surface area contributed by atoms with E-state index in [2.05, 4.69) is 7.05 Å². The van der Waals surface area contributed by atoms with Crippen LogP contribution in [-0.2, 0) is 4.79 Å². The molecule has 1 unspecified atom stereocenters. The van der Waals surface area contributed by atoms with Gasteiger partial charge in [0, 0.05) is 31.8 Å². The van der Waals surface area contributed by atoms with E-state index in [9.17, 15) is 4.79 Å². The molecule has 12 heavy (non-hydrogen) atoms. The maximum absolute atomic E-state index is 11.1. The van der Waals surface area contributed by atoms with Crippen molar-refractivity contribution in [3.8, 4) is 0 Å². The van der Waals surface area contributed by atoms with Gasteiger partial charge < -0.3 is 9.80 Å². The maximum atomic E-state index is 11.1. The molecule has 0 aromatic heterocycles. The van der Waals surface area contributed by atoms with Crippen molar-refractivity contribution in [2.75, 3.05) is 26.2 Å². The first-order valence-electron chi connectivity index (χ1n) is 4.59. The zero-order valence-corrected chi connectivity index (χ0v) is 7.55. The molecular formula is C9H16N2O. The van der Waals surface area contributed by atoms with Crippen molar-refractivity contribution in [1.82, 2.24) is 4.90 Å². The molecule has 2 rings (SSSR count). The lowest BCUT2D eigenvalue weighted by Gasteiger charge is -2.19. The van der Waals surface area contributed by atoms with Gasteiger partial charge in [-0.2, -0.15) is 7.05 Å². The van der Waals surface area contributed by atoms with Gasteiger partial charge in [-0.05, 0) is 0 Å². The number of carbonyl (C=O) groups excluding carboxylic acids is 1. The van der Waals surface area contributed by atoms with Crippen LogP contribution in [0.4, 0.5) is 0 Å². The summed E-state index contributed by atoms with van der Waals surface area (Å²) in [6.07, 6.45) is 0. The van der Waals surface area contributed by atoms with Gasteiger partial charge in [0.1, 0.15) is 0 Å². The predicted molar refractivity (Wildman–Crippen MR) is 45.3 cm³/mol. The number of quaternary nitrogens is 1. The van der Waals surface area contributed by atoms with E-state index in [0.29, 0.717) is 0 Å². The first-order valence-corrected chi connectivity index (χ1v) is 4.59. The van der Waals surface area contributed by atoms with E-state index in [1.54, 1.807) is 6.92 Å². The Balaban J connectivity index is 1.98. The molecule has 0 saturated carbocycles. The number of nitrogens with zero attached hydrogens (tertiary/aromatic N) is 1. The summed E-state index contributed by atoms with van der Waals surface area (Å²) in [7, 11) is 4.00. The van der Waals surface area contributed by atoms with E-state index in [4.69, 9.17) is 0 Å². The molecule has 2 fully saturated rings. The average molecular weight is 168 g/mol. The van der Waals surface area contributed by atoms with Crippen LogP contribution in [0.1, 0.15) is 6.92 Å². The molecule has 0 aromatic rings. The van der Waals surface area contributed by atoms with Crippen LogP contribution in [0.5, 0.6) is 0 Å². The second-order valence-electron chi connectivity index (χ2n) is 4.10. The molecule has 0 bridgehead atoms. The first-order chi connectivity index (χ1) is 5.66. The van der Waals surface area contributed by atoms with Gasteiger partial charge in [0.25, 0.3) is 0 Å². The third kappa shape index (κ3) is 1.22. The lowest BCUT2D eigenvalue weighted by Crippen LogP contribution is -3.05. The molecule has 0 spiro atoms. The largest absolute Gasteiger partial charge is 0.467 e. The van der Waals surface area contributed by atoms with Crippen LogP contribution in [0, 0.1) is 18.9 Å². The summed E-state index contributed by atoms with van der Waals surface area (Å²) in [5.41, 5.74) is 0. The van der Waals surface area contributed by atoms with E-state index in [1.807, 2.05) is 4.90 Å². The van der Waals surface area contributed by atoms with Gasteiger partial charge in [0.2, 0.25) is 5.91 Å². The van der Waals surface area contributed by atoms with Crippen LogP contribution in [0.3, 0.4) is 0 Å². The van der Waals surface area contributed by atoms with Crippen molar-refractivity contribution in [2.24, 2.45) is 11.8 Å². The molecule has 0 aromatic carbocycles. The lowest BCUT2D eigenvalue weighted by atomic mass is 10.0. The smallest absolute Gasteiger partial charge is 0.219 e. The Morgan fingerprint density at radius 1 is 1.42 bits per heavy atom. The highest BCUT2D eigenvalue weighted by Gasteiger charge is 2.40. The molecule has 3 heteroatoms. The number of likely N-dealkylation sites (tertiary alicyclic amines) is 2. The second kappa shape index (κ2) is 2.73. The number of nitrogens with one attached hydrogen (secondary N) is 1. The molecule has 3 atom stereocenters. The van der Waals surface area contributed by atoms with Crippen LogP contribution >= 0.6 is 0 Å². The summed E-state index contributed by atoms with van der Waals surface area (Å²) >= 11 is 0. The fourth-order valence-corrected chi connectivity index (χ4v) is 2.48. The number of rotatable bonds is 0. The third-order valence-corrected chi connectivity index (χ3v) is 3.12. The van der Waals surface area contributed by atoms with E-state index < -0.39 is 0 Å². The summed E-state index contributed by atoms with van der Waals surface area (Å²) < 4.78 is 0. The van der Waals surface area contributed by atoms with Crippen molar-refractivity contribution < 1.29 is 9.69 Å². The van der Waals surface area contributed by atoms with Gasteiger partial charge in [-0.25, -0.2) is 0 Å². The zero-order valence-electron chi connectivity index (χ0n) is 7.55. The minimum atomic E-state index is 0.231. The SMILES string of the molecule is [CH2-][NH+]1C[C@H]2CN(C(C)=O)C[C@H]2C1. The second-order valence-corrected chi connectivity index (χ2v) is 4.10.